The maximum absolute atomic E-state index is 12.6. The number of rotatable bonds is 1. The van der Waals surface area contributed by atoms with E-state index < -0.39 is 17.6 Å². The second kappa shape index (κ2) is 3.77. The van der Waals surface area contributed by atoms with Crippen LogP contribution in [0.5, 0.6) is 0 Å². The van der Waals surface area contributed by atoms with Gasteiger partial charge in [0.05, 0.1) is 0 Å². The van der Waals surface area contributed by atoms with Crippen LogP contribution in [0.3, 0.4) is 0 Å². The summed E-state index contributed by atoms with van der Waals surface area (Å²) < 4.78 is 5.53. The van der Waals surface area contributed by atoms with E-state index in [0.29, 0.717) is 5.92 Å². The van der Waals surface area contributed by atoms with Crippen LogP contribution in [-0.4, -0.2) is 12.0 Å². The summed E-state index contributed by atoms with van der Waals surface area (Å²) in [6, 6.07) is 13.9. The Kier molecular flexibility index (Phi) is 2.05. The Bertz CT molecular complexity index is 853. The number of amides is 2. The third kappa shape index (κ3) is 1.32. The molecule has 2 amide bonds. The van der Waals surface area contributed by atoms with Gasteiger partial charge in [-0.2, -0.15) is 0 Å². The van der Waals surface area contributed by atoms with Gasteiger partial charge in [-0.05, 0) is 41.5 Å². The minimum atomic E-state index is -1.31. The number of nitrogens with one attached hydrogen (secondary N) is 1. The molecule has 5 rings (SSSR count). The molecule has 1 atom stereocenters. The number of hydrogen-bond donors (Lipinski definition) is 1. The monoisotopic (exact) mass is 291 g/mol. The zero-order valence-electron chi connectivity index (χ0n) is 11.8. The van der Waals surface area contributed by atoms with Crippen LogP contribution in [0.4, 0.5) is 4.79 Å². The molecule has 4 nitrogen and oxygen atoms in total. The van der Waals surface area contributed by atoms with Gasteiger partial charge in [-0.25, -0.2) is 4.79 Å². The molecule has 0 aromatic heterocycles. The lowest BCUT2D eigenvalue weighted by Crippen LogP contribution is -2.35. The molecule has 0 radical (unpaired) electrons. The maximum atomic E-state index is 12.6. The first-order valence-electron chi connectivity index (χ1n) is 7.49. The van der Waals surface area contributed by atoms with Gasteiger partial charge in [-0.3, -0.25) is 10.1 Å². The molecule has 1 aliphatic heterocycles. The van der Waals surface area contributed by atoms with Crippen LogP contribution in [0.2, 0.25) is 0 Å². The number of carbonyl (C=O) groups excluding carboxylic acids is 2. The van der Waals surface area contributed by atoms with Gasteiger partial charge in [0.15, 0.2) is 0 Å². The van der Waals surface area contributed by atoms with E-state index in [4.69, 9.17) is 4.74 Å². The van der Waals surface area contributed by atoms with Gasteiger partial charge in [0.1, 0.15) is 0 Å². The minimum Gasteiger partial charge on any atom is -0.422 e. The third-order valence-corrected chi connectivity index (χ3v) is 4.85. The first kappa shape index (κ1) is 12.0. The maximum Gasteiger partial charge on any atom is 0.415 e. The van der Waals surface area contributed by atoms with Gasteiger partial charge in [0, 0.05) is 11.1 Å². The molecule has 3 aliphatic rings. The molecule has 22 heavy (non-hydrogen) atoms. The summed E-state index contributed by atoms with van der Waals surface area (Å²) in [5.74, 6) is 0.183. The lowest BCUT2D eigenvalue weighted by molar-refractivity contribution is -0.128. The van der Waals surface area contributed by atoms with Crippen LogP contribution in [0.15, 0.2) is 42.5 Å². The Balaban J connectivity index is 1.83. The smallest absolute Gasteiger partial charge is 0.415 e. The van der Waals surface area contributed by atoms with Crippen molar-refractivity contribution in [3.05, 3.63) is 59.2 Å². The summed E-state index contributed by atoms with van der Waals surface area (Å²) in [6.07, 6.45) is 1.69. The zero-order valence-corrected chi connectivity index (χ0v) is 11.8. The van der Waals surface area contributed by atoms with E-state index >= 15 is 0 Å². The second-order valence-corrected chi connectivity index (χ2v) is 6.15. The summed E-state index contributed by atoms with van der Waals surface area (Å²) in [7, 11) is 0. The SMILES string of the molecule is O=C1NC(=O)C2(O1)c1ccccc1-c1ccc(C3CC3)cc12. The minimum absolute atomic E-state index is 0.392. The van der Waals surface area contributed by atoms with Gasteiger partial charge in [0.25, 0.3) is 5.91 Å². The predicted octanol–water partition coefficient (Wildman–Crippen LogP) is 3.05. The highest BCUT2D eigenvalue weighted by Crippen LogP contribution is 2.53. The quantitative estimate of drug-likeness (QED) is 0.878. The van der Waals surface area contributed by atoms with E-state index in [0.717, 1.165) is 22.3 Å². The Labute approximate surface area is 127 Å². The molecule has 4 heteroatoms. The van der Waals surface area contributed by atoms with E-state index in [1.54, 1.807) is 0 Å². The molecule has 2 aromatic rings. The van der Waals surface area contributed by atoms with Crippen LogP contribution >= 0.6 is 0 Å². The van der Waals surface area contributed by atoms with Gasteiger partial charge in [-0.1, -0.05) is 36.4 Å². The standard InChI is InChI=1S/C18H13NO3/c20-16-18(22-17(21)19-16)14-4-2-1-3-12(14)13-8-7-11(9-15(13)18)10-5-6-10/h1-4,7-10H,5-6H2,(H,19,20,21). The fourth-order valence-corrected chi connectivity index (χ4v) is 3.67. The molecule has 2 aliphatic carbocycles. The zero-order chi connectivity index (χ0) is 14.9. The Morgan fingerprint density at radius 1 is 1.00 bits per heavy atom. The highest BCUT2D eigenvalue weighted by Gasteiger charge is 2.57. The summed E-state index contributed by atoms with van der Waals surface area (Å²) in [6.45, 7) is 0. The molecule has 1 saturated heterocycles. The van der Waals surface area contributed by atoms with Crippen molar-refractivity contribution in [3.8, 4) is 11.1 Å². The molecule has 108 valence electrons. The lowest BCUT2D eigenvalue weighted by atomic mass is 9.89. The molecule has 0 bridgehead atoms. The van der Waals surface area contributed by atoms with E-state index in [-0.39, 0.29) is 0 Å². The van der Waals surface area contributed by atoms with Crippen LogP contribution in [0, 0.1) is 0 Å². The Morgan fingerprint density at radius 3 is 2.50 bits per heavy atom. The number of fused-ring (bicyclic) bond motifs is 5. The number of benzene rings is 2. The van der Waals surface area contributed by atoms with Crippen LogP contribution in [0.1, 0.15) is 35.4 Å². The third-order valence-electron chi connectivity index (χ3n) is 4.85. The fourth-order valence-electron chi connectivity index (χ4n) is 3.67. The lowest BCUT2D eigenvalue weighted by Gasteiger charge is -2.22. The molecule has 1 unspecified atom stereocenters. The molecular weight excluding hydrogens is 278 g/mol. The van der Waals surface area contributed by atoms with Crippen LogP contribution < -0.4 is 5.32 Å². The number of imide groups is 1. The van der Waals surface area contributed by atoms with Crippen LogP contribution in [0.25, 0.3) is 11.1 Å². The van der Waals surface area contributed by atoms with Gasteiger partial charge < -0.3 is 4.74 Å². The van der Waals surface area contributed by atoms with Gasteiger partial charge in [-0.15, -0.1) is 0 Å². The highest BCUT2D eigenvalue weighted by atomic mass is 16.6. The number of hydrogen-bond acceptors (Lipinski definition) is 3. The normalized spacial score (nSPS) is 24.9. The van der Waals surface area contributed by atoms with Crippen molar-refractivity contribution in [3.63, 3.8) is 0 Å². The van der Waals surface area contributed by atoms with Crippen LogP contribution in [-0.2, 0) is 15.1 Å². The van der Waals surface area contributed by atoms with Crippen molar-refractivity contribution in [2.45, 2.75) is 24.4 Å². The average Bonchev–Trinajstić information content (AvgIpc) is 3.28. The number of ether oxygens (including phenoxy) is 1. The molecule has 1 heterocycles. The van der Waals surface area contributed by atoms with E-state index in [1.165, 1.54) is 18.4 Å². The van der Waals surface area contributed by atoms with Crippen molar-refractivity contribution in [2.75, 3.05) is 0 Å². The summed E-state index contributed by atoms with van der Waals surface area (Å²) in [5.41, 5.74) is 3.40. The van der Waals surface area contributed by atoms with Crippen molar-refractivity contribution >= 4 is 12.0 Å². The highest BCUT2D eigenvalue weighted by molar-refractivity contribution is 6.09. The Morgan fingerprint density at radius 2 is 1.77 bits per heavy atom. The summed E-state index contributed by atoms with van der Waals surface area (Å²) in [4.78, 5) is 24.3. The molecule has 1 saturated carbocycles. The molecular formula is C18H13NO3. The first-order chi connectivity index (χ1) is 10.7. The molecule has 2 aromatic carbocycles. The number of alkyl carbamates (subject to hydrolysis) is 1. The second-order valence-electron chi connectivity index (χ2n) is 6.15. The van der Waals surface area contributed by atoms with Crippen molar-refractivity contribution < 1.29 is 14.3 Å². The Hall–Kier alpha value is -2.62. The molecule has 2 fully saturated rings. The van der Waals surface area contributed by atoms with Gasteiger partial charge >= 0.3 is 6.09 Å². The van der Waals surface area contributed by atoms with E-state index in [9.17, 15) is 9.59 Å². The van der Waals surface area contributed by atoms with E-state index in [2.05, 4.69) is 17.4 Å². The predicted molar refractivity (Wildman–Crippen MR) is 79.3 cm³/mol. The molecule has 1 spiro atoms. The van der Waals surface area contributed by atoms with Gasteiger partial charge in [0.2, 0.25) is 5.60 Å². The van der Waals surface area contributed by atoms with Crippen molar-refractivity contribution in [1.82, 2.24) is 5.32 Å². The largest absolute Gasteiger partial charge is 0.422 e. The van der Waals surface area contributed by atoms with E-state index in [1.807, 2.05) is 30.3 Å². The summed E-state index contributed by atoms with van der Waals surface area (Å²) >= 11 is 0. The summed E-state index contributed by atoms with van der Waals surface area (Å²) in [5, 5.41) is 2.30. The van der Waals surface area contributed by atoms with Crippen molar-refractivity contribution in [1.29, 1.82) is 0 Å². The van der Waals surface area contributed by atoms with Crippen molar-refractivity contribution in [2.24, 2.45) is 0 Å². The average molecular weight is 291 g/mol. The molecule has 1 N–H and O–H groups in total. The number of carbonyl (C=O) groups is 2. The fraction of sp³-hybridized carbons (Fsp3) is 0.222. The first-order valence-corrected chi connectivity index (χ1v) is 7.49. The topological polar surface area (TPSA) is 55.4 Å².